The highest BCUT2D eigenvalue weighted by Crippen LogP contribution is 2.28. The summed E-state index contributed by atoms with van der Waals surface area (Å²) in [5, 5.41) is 9.37. The molecule has 3 aromatic rings. The molecule has 1 aromatic carbocycles. The molecule has 0 spiro atoms. The number of carbonyl (C=O) groups is 1. The minimum atomic E-state index is -0.190. The van der Waals surface area contributed by atoms with Gasteiger partial charge in [0.25, 0.3) is 0 Å². The van der Waals surface area contributed by atoms with Crippen LogP contribution in [0.4, 0.5) is 0 Å². The van der Waals surface area contributed by atoms with Gasteiger partial charge in [-0.1, -0.05) is 36.4 Å². The Morgan fingerprint density at radius 3 is 2.54 bits per heavy atom. The van der Waals surface area contributed by atoms with Crippen molar-refractivity contribution in [1.82, 2.24) is 19.7 Å². The second-order valence-electron chi connectivity index (χ2n) is 6.75. The predicted molar refractivity (Wildman–Crippen MR) is 108 cm³/mol. The molecule has 1 fully saturated rings. The van der Waals surface area contributed by atoms with E-state index < -0.39 is 0 Å². The maximum Gasteiger partial charge on any atom is 0.316 e. The van der Waals surface area contributed by atoms with Gasteiger partial charge in [0, 0.05) is 23.6 Å². The first-order valence-electron chi connectivity index (χ1n) is 9.55. The van der Waals surface area contributed by atoms with Crippen LogP contribution in [-0.2, 0) is 9.53 Å². The van der Waals surface area contributed by atoms with E-state index in [2.05, 4.69) is 15.2 Å². The molecule has 1 aliphatic carbocycles. The number of hydrogen-bond acceptors (Lipinski definition) is 6. The van der Waals surface area contributed by atoms with Gasteiger partial charge in [-0.3, -0.25) is 14.3 Å². The highest BCUT2D eigenvalue weighted by atomic mass is 32.2. The first kappa shape index (κ1) is 18.7. The summed E-state index contributed by atoms with van der Waals surface area (Å²) < 4.78 is 7.59. The number of benzene rings is 1. The number of carbonyl (C=O) groups excluding carboxylic acids is 1. The lowest BCUT2D eigenvalue weighted by molar-refractivity contribution is -0.147. The lowest BCUT2D eigenvalue weighted by Gasteiger charge is -2.21. The lowest BCUT2D eigenvalue weighted by atomic mass is 9.98. The maximum absolute atomic E-state index is 12.3. The summed E-state index contributed by atoms with van der Waals surface area (Å²) in [6.45, 7) is 0. The summed E-state index contributed by atoms with van der Waals surface area (Å²) in [5.74, 6) is 0.749. The van der Waals surface area contributed by atoms with Gasteiger partial charge in [0.15, 0.2) is 11.0 Å². The second-order valence-corrected chi connectivity index (χ2v) is 7.69. The van der Waals surface area contributed by atoms with E-state index in [9.17, 15) is 4.79 Å². The molecule has 0 N–H and O–H groups in total. The molecule has 28 heavy (non-hydrogen) atoms. The Kier molecular flexibility index (Phi) is 6.01. The van der Waals surface area contributed by atoms with Crippen molar-refractivity contribution in [2.24, 2.45) is 0 Å². The van der Waals surface area contributed by atoms with Gasteiger partial charge in [0.2, 0.25) is 0 Å². The van der Waals surface area contributed by atoms with E-state index in [1.807, 2.05) is 47.0 Å². The van der Waals surface area contributed by atoms with Crippen LogP contribution >= 0.6 is 11.8 Å². The van der Waals surface area contributed by atoms with Crippen LogP contribution in [0, 0.1) is 0 Å². The minimum absolute atomic E-state index is 0.0706. The van der Waals surface area contributed by atoms with Gasteiger partial charge in [-0.25, -0.2) is 0 Å². The van der Waals surface area contributed by atoms with Crippen molar-refractivity contribution < 1.29 is 9.53 Å². The maximum atomic E-state index is 12.3. The summed E-state index contributed by atoms with van der Waals surface area (Å²) in [6.07, 6.45) is 9.00. The number of thioether (sulfide) groups is 1. The van der Waals surface area contributed by atoms with E-state index in [0.29, 0.717) is 5.16 Å². The quantitative estimate of drug-likeness (QED) is 0.459. The van der Waals surface area contributed by atoms with Crippen molar-refractivity contribution in [3.63, 3.8) is 0 Å². The van der Waals surface area contributed by atoms with Gasteiger partial charge in [0.1, 0.15) is 6.10 Å². The van der Waals surface area contributed by atoms with E-state index in [4.69, 9.17) is 4.74 Å². The fourth-order valence-corrected chi connectivity index (χ4v) is 4.12. The highest BCUT2D eigenvalue weighted by Gasteiger charge is 2.20. The molecule has 144 valence electrons. The summed E-state index contributed by atoms with van der Waals surface area (Å²) in [6, 6.07) is 13.7. The molecule has 1 aliphatic rings. The van der Waals surface area contributed by atoms with E-state index in [-0.39, 0.29) is 17.8 Å². The first-order chi connectivity index (χ1) is 13.8. The van der Waals surface area contributed by atoms with Crippen LogP contribution in [0.2, 0.25) is 0 Å². The zero-order chi connectivity index (χ0) is 19.2. The normalized spacial score (nSPS) is 14.7. The third-order valence-electron chi connectivity index (χ3n) is 4.76. The predicted octanol–water partition coefficient (Wildman–Crippen LogP) is 4.30. The molecule has 0 saturated heterocycles. The Balaban J connectivity index is 1.53. The number of ether oxygens (including phenoxy) is 1. The minimum Gasteiger partial charge on any atom is -0.462 e. The molecule has 6 nitrogen and oxygen atoms in total. The molecular formula is C21H22N4O2S. The van der Waals surface area contributed by atoms with E-state index in [0.717, 1.165) is 42.8 Å². The number of pyridine rings is 1. The molecule has 1 saturated carbocycles. The fourth-order valence-electron chi connectivity index (χ4n) is 3.39. The van der Waals surface area contributed by atoms with Gasteiger partial charge >= 0.3 is 5.97 Å². The second kappa shape index (κ2) is 9.01. The average molecular weight is 395 g/mol. The first-order valence-corrected chi connectivity index (χ1v) is 10.5. The Morgan fingerprint density at radius 1 is 1.04 bits per heavy atom. The molecule has 2 heterocycles. The molecule has 2 aromatic heterocycles. The summed E-state index contributed by atoms with van der Waals surface area (Å²) in [5.41, 5.74) is 1.87. The highest BCUT2D eigenvalue weighted by molar-refractivity contribution is 7.99. The summed E-state index contributed by atoms with van der Waals surface area (Å²) in [4.78, 5) is 16.4. The van der Waals surface area contributed by atoms with Gasteiger partial charge < -0.3 is 4.74 Å². The van der Waals surface area contributed by atoms with E-state index >= 15 is 0 Å². The zero-order valence-electron chi connectivity index (χ0n) is 15.5. The summed E-state index contributed by atoms with van der Waals surface area (Å²) >= 11 is 1.35. The van der Waals surface area contributed by atoms with Crippen molar-refractivity contribution in [3.8, 4) is 17.1 Å². The van der Waals surface area contributed by atoms with Crippen LogP contribution in [0.15, 0.2) is 60.0 Å². The van der Waals surface area contributed by atoms with Crippen LogP contribution < -0.4 is 0 Å². The smallest absolute Gasteiger partial charge is 0.316 e. The van der Waals surface area contributed by atoms with Crippen molar-refractivity contribution >= 4 is 17.7 Å². The monoisotopic (exact) mass is 394 g/mol. The van der Waals surface area contributed by atoms with Crippen LogP contribution in [0.3, 0.4) is 0 Å². The van der Waals surface area contributed by atoms with Gasteiger partial charge in [0.05, 0.1) is 5.75 Å². The van der Waals surface area contributed by atoms with Crippen LogP contribution in [-0.4, -0.2) is 37.6 Å². The molecule has 0 unspecified atom stereocenters. The number of aromatic nitrogens is 4. The average Bonchev–Trinajstić information content (AvgIpc) is 3.18. The number of para-hydroxylation sites is 1. The Bertz CT molecular complexity index is 909. The number of esters is 1. The Morgan fingerprint density at radius 2 is 1.79 bits per heavy atom. The Hall–Kier alpha value is -2.67. The fraction of sp³-hybridized carbons (Fsp3) is 0.333. The topological polar surface area (TPSA) is 69.9 Å². The largest absolute Gasteiger partial charge is 0.462 e. The van der Waals surface area contributed by atoms with Crippen molar-refractivity contribution in [1.29, 1.82) is 0 Å². The molecular weight excluding hydrogens is 372 g/mol. The van der Waals surface area contributed by atoms with E-state index in [1.54, 1.807) is 12.4 Å². The SMILES string of the molecule is O=C(CSc1nnc(-c2ccncc2)n1-c1ccccc1)OC1CCCCC1. The number of nitrogens with zero attached hydrogens (tertiary/aromatic N) is 4. The van der Waals surface area contributed by atoms with Gasteiger partial charge in [-0.15, -0.1) is 10.2 Å². The molecule has 0 bridgehead atoms. The van der Waals surface area contributed by atoms with Crippen LogP contribution in [0.5, 0.6) is 0 Å². The van der Waals surface area contributed by atoms with Crippen LogP contribution in [0.1, 0.15) is 32.1 Å². The molecule has 0 amide bonds. The van der Waals surface area contributed by atoms with Crippen molar-refractivity contribution in [2.45, 2.75) is 43.4 Å². The van der Waals surface area contributed by atoms with Gasteiger partial charge in [-0.05, 0) is 49.9 Å². The molecule has 0 atom stereocenters. The van der Waals surface area contributed by atoms with Crippen LogP contribution in [0.25, 0.3) is 17.1 Å². The lowest BCUT2D eigenvalue weighted by Crippen LogP contribution is -2.22. The molecule has 4 rings (SSSR count). The van der Waals surface area contributed by atoms with E-state index in [1.165, 1.54) is 18.2 Å². The van der Waals surface area contributed by atoms with Gasteiger partial charge in [-0.2, -0.15) is 0 Å². The molecule has 0 aliphatic heterocycles. The Labute approximate surface area is 168 Å². The third-order valence-corrected chi connectivity index (χ3v) is 5.66. The van der Waals surface area contributed by atoms with Crippen molar-refractivity contribution in [3.05, 3.63) is 54.9 Å². The number of rotatable bonds is 6. The third kappa shape index (κ3) is 4.42. The molecule has 0 radical (unpaired) electrons. The summed E-state index contributed by atoms with van der Waals surface area (Å²) in [7, 11) is 0. The molecule has 7 heteroatoms. The zero-order valence-corrected chi connectivity index (χ0v) is 16.3. The standard InChI is InChI=1S/C21H22N4O2S/c26-19(27-18-9-5-2-6-10-18)15-28-21-24-23-20(16-11-13-22-14-12-16)25(21)17-7-3-1-4-8-17/h1,3-4,7-8,11-14,18H,2,5-6,9-10,15H2. The number of hydrogen-bond donors (Lipinski definition) is 0. The van der Waals surface area contributed by atoms with Crippen molar-refractivity contribution in [2.75, 3.05) is 5.75 Å².